The van der Waals surface area contributed by atoms with Crippen LogP contribution in [-0.2, 0) is 0 Å². The highest BCUT2D eigenvalue weighted by molar-refractivity contribution is 6.30. The first-order chi connectivity index (χ1) is 11.2. The minimum atomic E-state index is 0.0524. The van der Waals surface area contributed by atoms with Gasteiger partial charge in [-0.3, -0.25) is 0 Å². The van der Waals surface area contributed by atoms with Crippen LogP contribution >= 0.6 is 11.6 Å². The van der Waals surface area contributed by atoms with Crippen LogP contribution in [0.15, 0.2) is 18.5 Å². The zero-order valence-corrected chi connectivity index (χ0v) is 15.9. The van der Waals surface area contributed by atoms with Crippen LogP contribution in [0.3, 0.4) is 0 Å². The Bertz CT molecular complexity index is 687. The summed E-state index contributed by atoms with van der Waals surface area (Å²) in [7, 11) is 4.15. The summed E-state index contributed by atoms with van der Waals surface area (Å²) in [5.74, 6) is 1.60. The average Bonchev–Trinajstić information content (AvgIpc) is 2.51. The summed E-state index contributed by atoms with van der Waals surface area (Å²) >= 11 is 6.30. The molecule has 2 aromatic heterocycles. The minimum Gasteiger partial charge on any atom is -0.367 e. The summed E-state index contributed by atoms with van der Waals surface area (Å²) in [5.41, 5.74) is 0.875. The molecule has 0 saturated heterocycles. The fourth-order valence-corrected chi connectivity index (χ4v) is 2.67. The summed E-state index contributed by atoms with van der Waals surface area (Å²) < 4.78 is 0. The molecular weight excluding hydrogens is 324 g/mol. The summed E-state index contributed by atoms with van der Waals surface area (Å²) in [6, 6.07) is 1.94. The van der Waals surface area contributed by atoms with Gasteiger partial charge in [0, 0.05) is 30.5 Å². The Balaban J connectivity index is 2.32. The normalized spacial score (nSPS) is 13.2. The van der Waals surface area contributed by atoms with Gasteiger partial charge in [-0.2, -0.15) is 0 Å². The van der Waals surface area contributed by atoms with Crippen LogP contribution in [-0.4, -0.2) is 51.5 Å². The van der Waals surface area contributed by atoms with Crippen molar-refractivity contribution >= 4 is 17.4 Å². The van der Waals surface area contributed by atoms with E-state index in [4.69, 9.17) is 11.6 Å². The van der Waals surface area contributed by atoms with E-state index < -0.39 is 0 Å². The zero-order chi connectivity index (χ0) is 17.9. The van der Waals surface area contributed by atoms with Crippen molar-refractivity contribution in [1.29, 1.82) is 0 Å². The number of nitrogens with one attached hydrogen (secondary N) is 1. The molecule has 2 heterocycles. The lowest BCUT2D eigenvalue weighted by Crippen LogP contribution is -2.41. The summed E-state index contributed by atoms with van der Waals surface area (Å²) in [5, 5.41) is 3.90. The highest BCUT2D eigenvalue weighted by Gasteiger charge is 2.27. The van der Waals surface area contributed by atoms with E-state index in [9.17, 15) is 0 Å². The molecule has 6 nitrogen and oxygen atoms in total. The van der Waals surface area contributed by atoms with E-state index in [1.807, 2.05) is 6.92 Å². The van der Waals surface area contributed by atoms with E-state index in [1.54, 1.807) is 18.5 Å². The Kier molecular flexibility index (Phi) is 5.72. The Hall–Kier alpha value is -1.79. The van der Waals surface area contributed by atoms with Crippen molar-refractivity contribution in [2.75, 3.05) is 26.0 Å². The maximum atomic E-state index is 6.30. The molecule has 0 spiro atoms. The van der Waals surface area contributed by atoms with Gasteiger partial charge < -0.3 is 10.2 Å². The van der Waals surface area contributed by atoms with Gasteiger partial charge in [0.1, 0.15) is 11.0 Å². The van der Waals surface area contributed by atoms with Crippen LogP contribution in [0.1, 0.15) is 26.3 Å². The van der Waals surface area contributed by atoms with E-state index in [-0.39, 0.29) is 11.5 Å². The average molecular weight is 349 g/mol. The summed E-state index contributed by atoms with van der Waals surface area (Å²) in [6.45, 7) is 9.46. The van der Waals surface area contributed by atoms with Gasteiger partial charge in [0.25, 0.3) is 0 Å². The van der Waals surface area contributed by atoms with Gasteiger partial charge in [0.05, 0.1) is 0 Å². The smallest absolute Gasteiger partial charge is 0.201 e. The molecule has 24 heavy (non-hydrogen) atoms. The lowest BCUT2D eigenvalue weighted by Gasteiger charge is -2.35. The Labute approximate surface area is 148 Å². The van der Waals surface area contributed by atoms with Gasteiger partial charge >= 0.3 is 0 Å². The number of nitrogens with zero attached hydrogens (tertiary/aromatic N) is 5. The number of hydrogen-bond acceptors (Lipinski definition) is 6. The van der Waals surface area contributed by atoms with E-state index in [0.717, 1.165) is 17.9 Å². The fourth-order valence-electron chi connectivity index (χ4n) is 2.50. The molecule has 1 unspecified atom stereocenters. The van der Waals surface area contributed by atoms with Crippen molar-refractivity contribution in [3.8, 4) is 11.6 Å². The van der Waals surface area contributed by atoms with Crippen LogP contribution in [0.25, 0.3) is 11.6 Å². The molecule has 0 saturated carbocycles. The molecule has 0 bridgehead atoms. The molecule has 2 aromatic rings. The standard InChI is InChI=1S/C17H25ClN6/c1-11-13(18)22-16(15-19-8-7-9-20-15)23-14(11)21-12(2)17(3,4)10-24(5)6/h7-9,12H,10H2,1-6H3,(H,21,22,23). The van der Waals surface area contributed by atoms with Gasteiger partial charge in [-0.25, -0.2) is 19.9 Å². The maximum absolute atomic E-state index is 6.30. The third-order valence-corrected chi connectivity index (χ3v) is 4.47. The molecule has 0 radical (unpaired) electrons. The zero-order valence-electron chi connectivity index (χ0n) is 15.1. The predicted octanol–water partition coefficient (Wildman–Crippen LogP) is 3.28. The Morgan fingerprint density at radius 3 is 2.38 bits per heavy atom. The quantitative estimate of drug-likeness (QED) is 0.808. The second kappa shape index (κ2) is 7.40. The van der Waals surface area contributed by atoms with E-state index >= 15 is 0 Å². The molecule has 1 N–H and O–H groups in total. The lowest BCUT2D eigenvalue weighted by atomic mass is 9.85. The number of hydrogen-bond donors (Lipinski definition) is 1. The van der Waals surface area contributed by atoms with Crippen molar-refractivity contribution in [3.05, 3.63) is 29.2 Å². The minimum absolute atomic E-state index is 0.0524. The predicted molar refractivity (Wildman–Crippen MR) is 98.2 cm³/mol. The first-order valence-corrected chi connectivity index (χ1v) is 8.31. The SMILES string of the molecule is Cc1c(Cl)nc(-c2ncccn2)nc1NC(C)C(C)(C)CN(C)C. The van der Waals surface area contributed by atoms with E-state index in [1.165, 1.54) is 0 Å². The summed E-state index contributed by atoms with van der Waals surface area (Å²) in [4.78, 5) is 19.5. The molecule has 2 rings (SSSR count). The highest BCUT2D eigenvalue weighted by atomic mass is 35.5. The molecule has 1 atom stereocenters. The van der Waals surface area contributed by atoms with Gasteiger partial charge in [0.2, 0.25) is 5.82 Å². The molecular formula is C17H25ClN6. The molecule has 130 valence electrons. The topological polar surface area (TPSA) is 66.8 Å². The highest BCUT2D eigenvalue weighted by Crippen LogP contribution is 2.28. The first kappa shape index (κ1) is 18.5. The van der Waals surface area contributed by atoms with Crippen LogP contribution in [0.5, 0.6) is 0 Å². The molecule has 0 amide bonds. The van der Waals surface area contributed by atoms with Crippen molar-refractivity contribution in [2.45, 2.75) is 33.7 Å². The first-order valence-electron chi connectivity index (χ1n) is 7.93. The lowest BCUT2D eigenvalue weighted by molar-refractivity contribution is 0.217. The van der Waals surface area contributed by atoms with Gasteiger partial charge in [-0.05, 0) is 39.4 Å². The van der Waals surface area contributed by atoms with E-state index in [0.29, 0.717) is 16.8 Å². The van der Waals surface area contributed by atoms with Crippen LogP contribution in [0, 0.1) is 12.3 Å². The van der Waals surface area contributed by atoms with Crippen molar-refractivity contribution in [1.82, 2.24) is 24.8 Å². The van der Waals surface area contributed by atoms with Crippen molar-refractivity contribution < 1.29 is 0 Å². The number of anilines is 1. The van der Waals surface area contributed by atoms with Crippen LogP contribution < -0.4 is 5.32 Å². The van der Waals surface area contributed by atoms with Crippen LogP contribution in [0.2, 0.25) is 5.15 Å². The van der Waals surface area contributed by atoms with Gasteiger partial charge in [-0.15, -0.1) is 0 Å². The summed E-state index contributed by atoms with van der Waals surface area (Å²) in [6.07, 6.45) is 3.32. The third kappa shape index (κ3) is 4.39. The Morgan fingerprint density at radius 1 is 1.17 bits per heavy atom. The monoisotopic (exact) mass is 348 g/mol. The molecule has 0 fully saturated rings. The molecule has 0 aliphatic heterocycles. The van der Waals surface area contributed by atoms with Crippen molar-refractivity contribution in [2.24, 2.45) is 5.41 Å². The number of halogens is 1. The van der Waals surface area contributed by atoms with Gasteiger partial charge in [0.15, 0.2) is 5.82 Å². The van der Waals surface area contributed by atoms with Crippen LogP contribution in [0.4, 0.5) is 5.82 Å². The second-order valence-corrected chi connectivity index (χ2v) is 7.33. The molecule has 7 heteroatoms. The number of rotatable bonds is 6. The molecule has 0 aromatic carbocycles. The Morgan fingerprint density at radius 2 is 1.79 bits per heavy atom. The van der Waals surface area contributed by atoms with Gasteiger partial charge in [-0.1, -0.05) is 25.4 Å². The fraction of sp³-hybridized carbons (Fsp3) is 0.529. The molecule has 0 aliphatic rings. The maximum Gasteiger partial charge on any atom is 0.201 e. The molecule has 0 aliphatic carbocycles. The largest absolute Gasteiger partial charge is 0.367 e. The van der Waals surface area contributed by atoms with Crippen molar-refractivity contribution in [3.63, 3.8) is 0 Å². The number of aromatic nitrogens is 4. The third-order valence-electron chi connectivity index (χ3n) is 4.10. The van der Waals surface area contributed by atoms with E-state index in [2.05, 4.69) is 65.0 Å². The second-order valence-electron chi connectivity index (χ2n) is 6.98.